The first-order chi connectivity index (χ1) is 8.70. The lowest BCUT2D eigenvalue weighted by atomic mass is 9.95. The molecule has 0 aliphatic carbocycles. The predicted molar refractivity (Wildman–Crippen MR) is 72.8 cm³/mol. The van der Waals surface area contributed by atoms with Crippen LogP contribution in [0.2, 0.25) is 0 Å². The molecule has 0 saturated carbocycles. The topological polar surface area (TPSA) is 38.3 Å². The van der Waals surface area contributed by atoms with E-state index in [1.165, 1.54) is 6.07 Å². The molecule has 1 N–H and O–H groups in total. The fourth-order valence-electron chi connectivity index (χ4n) is 2.42. The summed E-state index contributed by atoms with van der Waals surface area (Å²) in [6.07, 6.45) is 0. The summed E-state index contributed by atoms with van der Waals surface area (Å²) in [7, 11) is 0. The highest BCUT2D eigenvalue weighted by atomic mass is 19.1. The lowest BCUT2D eigenvalue weighted by Gasteiger charge is -2.24. The molecule has 1 aromatic rings. The highest BCUT2D eigenvalue weighted by Gasteiger charge is 2.39. The zero-order valence-electron chi connectivity index (χ0n) is 12.0. The van der Waals surface area contributed by atoms with Gasteiger partial charge in [-0.05, 0) is 39.3 Å². The molecule has 0 amide bonds. The third kappa shape index (κ3) is 2.57. The van der Waals surface area contributed by atoms with Gasteiger partial charge in [0.1, 0.15) is 17.5 Å². The van der Waals surface area contributed by atoms with Gasteiger partial charge < -0.3 is 10.1 Å². The Morgan fingerprint density at radius 1 is 1.37 bits per heavy atom. The predicted octanol–water partition coefficient (Wildman–Crippen LogP) is 3.37. The van der Waals surface area contributed by atoms with E-state index in [0.29, 0.717) is 5.56 Å². The van der Waals surface area contributed by atoms with Crippen LogP contribution in [0.1, 0.15) is 44.7 Å². The molecule has 104 valence electrons. The average Bonchev–Trinajstić information content (AvgIpc) is 2.61. The van der Waals surface area contributed by atoms with Gasteiger partial charge in [-0.15, -0.1) is 0 Å². The monoisotopic (exact) mass is 265 g/mol. The summed E-state index contributed by atoms with van der Waals surface area (Å²) in [5.74, 6) is -0.841. The smallest absolute Gasteiger partial charge is 0.329 e. The third-order valence-corrected chi connectivity index (χ3v) is 3.32. The molecule has 0 bridgehead atoms. The Balaban J connectivity index is 2.29. The highest BCUT2D eigenvalue weighted by Crippen LogP contribution is 2.40. The van der Waals surface area contributed by atoms with Gasteiger partial charge in [-0.2, -0.15) is 0 Å². The fourth-order valence-corrected chi connectivity index (χ4v) is 2.42. The number of carbonyl (C=O) groups excluding carboxylic acids is 1. The molecular formula is C15H20FNO2. The molecule has 0 fully saturated rings. The Kier molecular flexibility index (Phi) is 3.29. The molecule has 1 aromatic carbocycles. The van der Waals surface area contributed by atoms with Crippen LogP contribution in [0.25, 0.3) is 0 Å². The number of halogens is 1. The summed E-state index contributed by atoms with van der Waals surface area (Å²) in [6.45, 7) is 9.21. The molecular weight excluding hydrogens is 245 g/mol. The molecule has 0 radical (unpaired) electrons. The second kappa shape index (κ2) is 4.51. The summed E-state index contributed by atoms with van der Waals surface area (Å²) < 4.78 is 19.3. The van der Waals surface area contributed by atoms with Crippen molar-refractivity contribution in [2.45, 2.75) is 52.2 Å². The number of ether oxygens (including phenoxy) is 1. The van der Waals surface area contributed by atoms with Crippen LogP contribution in [0.5, 0.6) is 0 Å². The molecule has 4 heteroatoms. The Labute approximate surface area is 113 Å². The molecule has 19 heavy (non-hydrogen) atoms. The lowest BCUT2D eigenvalue weighted by Crippen LogP contribution is -2.36. The number of anilines is 1. The maximum absolute atomic E-state index is 13.9. The summed E-state index contributed by atoms with van der Waals surface area (Å²) >= 11 is 0. The summed E-state index contributed by atoms with van der Waals surface area (Å²) in [5.41, 5.74) is 1.70. The second-order valence-electron chi connectivity index (χ2n) is 6.10. The van der Waals surface area contributed by atoms with Crippen molar-refractivity contribution in [2.24, 2.45) is 0 Å². The van der Waals surface area contributed by atoms with Gasteiger partial charge in [-0.25, -0.2) is 9.18 Å². The number of hydrogen-bond donors (Lipinski definition) is 1. The van der Waals surface area contributed by atoms with Crippen molar-refractivity contribution in [3.8, 4) is 0 Å². The second-order valence-corrected chi connectivity index (χ2v) is 6.10. The number of benzene rings is 1. The lowest BCUT2D eigenvalue weighted by molar-refractivity contribution is -0.156. The minimum Gasteiger partial charge on any atom is -0.458 e. The van der Waals surface area contributed by atoms with Gasteiger partial charge in [0.25, 0.3) is 0 Å². The summed E-state index contributed by atoms with van der Waals surface area (Å²) in [4.78, 5) is 12.2. The minimum absolute atomic E-state index is 0.232. The van der Waals surface area contributed by atoms with Gasteiger partial charge in [0.05, 0.1) is 0 Å². The third-order valence-electron chi connectivity index (χ3n) is 3.32. The van der Waals surface area contributed by atoms with Gasteiger partial charge >= 0.3 is 5.97 Å². The van der Waals surface area contributed by atoms with Gasteiger partial charge in [0.2, 0.25) is 0 Å². The molecule has 0 aromatic heterocycles. The molecule has 1 aliphatic rings. The zero-order chi connectivity index (χ0) is 14.4. The quantitative estimate of drug-likeness (QED) is 0.791. The molecule has 1 heterocycles. The average molecular weight is 265 g/mol. The van der Waals surface area contributed by atoms with Crippen LogP contribution >= 0.6 is 0 Å². The van der Waals surface area contributed by atoms with Crippen LogP contribution < -0.4 is 5.32 Å². The zero-order valence-corrected chi connectivity index (χ0v) is 12.0. The number of nitrogens with one attached hydrogen (secondary N) is 1. The van der Waals surface area contributed by atoms with Crippen molar-refractivity contribution in [2.75, 3.05) is 5.32 Å². The minimum atomic E-state index is -0.541. The number of esters is 1. The van der Waals surface area contributed by atoms with E-state index in [1.54, 1.807) is 6.07 Å². The van der Waals surface area contributed by atoms with Crippen LogP contribution in [0.3, 0.4) is 0 Å². The molecule has 3 nitrogen and oxygen atoms in total. The molecule has 2 unspecified atom stereocenters. The number of hydrogen-bond acceptors (Lipinski definition) is 3. The highest BCUT2D eigenvalue weighted by molar-refractivity contribution is 5.85. The van der Waals surface area contributed by atoms with E-state index in [4.69, 9.17) is 4.74 Å². The summed E-state index contributed by atoms with van der Waals surface area (Å²) in [6, 6.07) is 2.64. The van der Waals surface area contributed by atoms with Gasteiger partial charge in [0.15, 0.2) is 0 Å². The Morgan fingerprint density at radius 3 is 2.53 bits per heavy atom. The van der Waals surface area contributed by atoms with Crippen molar-refractivity contribution in [1.82, 2.24) is 0 Å². The molecule has 2 atom stereocenters. The number of fused-ring (bicyclic) bond motifs is 1. The van der Waals surface area contributed by atoms with Crippen molar-refractivity contribution in [3.63, 3.8) is 0 Å². The van der Waals surface area contributed by atoms with E-state index >= 15 is 0 Å². The van der Waals surface area contributed by atoms with Crippen LogP contribution in [-0.4, -0.2) is 17.6 Å². The van der Waals surface area contributed by atoms with E-state index in [9.17, 15) is 9.18 Å². The van der Waals surface area contributed by atoms with Crippen LogP contribution in [0.4, 0.5) is 10.1 Å². The van der Waals surface area contributed by atoms with Crippen LogP contribution in [0.15, 0.2) is 12.1 Å². The van der Waals surface area contributed by atoms with E-state index < -0.39 is 11.6 Å². The van der Waals surface area contributed by atoms with Crippen molar-refractivity contribution >= 4 is 11.7 Å². The number of carbonyl (C=O) groups is 1. The molecule has 1 aliphatic heterocycles. The van der Waals surface area contributed by atoms with E-state index in [0.717, 1.165) is 11.3 Å². The van der Waals surface area contributed by atoms with Crippen molar-refractivity contribution < 1.29 is 13.9 Å². The first-order valence-electron chi connectivity index (χ1n) is 6.49. The Hall–Kier alpha value is -1.58. The maximum atomic E-state index is 13.9. The van der Waals surface area contributed by atoms with E-state index in [-0.39, 0.29) is 17.7 Å². The van der Waals surface area contributed by atoms with Crippen LogP contribution in [-0.2, 0) is 9.53 Å². The van der Waals surface area contributed by atoms with E-state index in [2.05, 4.69) is 5.32 Å². The molecule has 0 saturated heterocycles. The summed E-state index contributed by atoms with van der Waals surface area (Å²) in [5, 5.41) is 3.10. The largest absolute Gasteiger partial charge is 0.458 e. The fraction of sp³-hybridized carbons (Fsp3) is 0.533. The maximum Gasteiger partial charge on any atom is 0.329 e. The van der Waals surface area contributed by atoms with Gasteiger partial charge in [0, 0.05) is 17.2 Å². The first-order valence-corrected chi connectivity index (χ1v) is 6.49. The SMILES string of the molecule is Cc1ccc(F)c2c1NC(C(=O)OC(C)(C)C)C2C. The van der Waals surface area contributed by atoms with Gasteiger partial charge in [-0.1, -0.05) is 13.0 Å². The number of rotatable bonds is 1. The van der Waals surface area contributed by atoms with E-state index in [1.807, 2.05) is 34.6 Å². The first kappa shape index (κ1) is 13.8. The van der Waals surface area contributed by atoms with Crippen molar-refractivity contribution in [1.29, 1.82) is 0 Å². The molecule has 2 rings (SSSR count). The van der Waals surface area contributed by atoms with Gasteiger partial charge in [-0.3, -0.25) is 0 Å². The van der Waals surface area contributed by atoms with Crippen LogP contribution in [0, 0.1) is 12.7 Å². The van der Waals surface area contributed by atoms with Crippen molar-refractivity contribution in [3.05, 3.63) is 29.1 Å². The normalized spacial score (nSPS) is 21.8. The molecule has 0 spiro atoms. The Morgan fingerprint density at radius 2 is 2.00 bits per heavy atom. The number of aryl methyl sites for hydroxylation is 1. The standard InChI is InChI=1S/C15H20FNO2/c1-8-6-7-10(16)11-9(2)13(17-12(8)11)14(18)19-15(3,4)5/h6-7,9,13,17H,1-5H3. The Bertz CT molecular complexity index is 520.